The largest absolute Gasteiger partial charge is 0.508 e. The Labute approximate surface area is 118 Å². The fraction of sp³-hybridized carbons (Fsp3) is 0.235. The van der Waals surface area contributed by atoms with E-state index in [0.29, 0.717) is 6.42 Å². The maximum absolute atomic E-state index is 12.3. The highest BCUT2D eigenvalue weighted by atomic mass is 16.3. The first kappa shape index (κ1) is 12.7. The summed E-state index contributed by atoms with van der Waals surface area (Å²) < 4.78 is 0. The van der Waals surface area contributed by atoms with Gasteiger partial charge in [-0.3, -0.25) is 4.79 Å². The lowest BCUT2D eigenvalue weighted by molar-refractivity contribution is 0.0993. The van der Waals surface area contributed by atoms with Crippen LogP contribution in [0.4, 0.5) is 5.69 Å². The first-order valence-electron chi connectivity index (χ1n) is 6.90. The normalized spacial score (nSPS) is 13.4. The molecule has 0 bridgehead atoms. The van der Waals surface area contributed by atoms with Crippen molar-refractivity contribution in [2.24, 2.45) is 0 Å². The number of rotatable bonds is 3. The topological polar surface area (TPSA) is 49.3 Å². The number of fused-ring (bicyclic) bond motifs is 1. The highest BCUT2D eigenvalue weighted by molar-refractivity contribution is 5.98. The van der Waals surface area contributed by atoms with Crippen molar-refractivity contribution in [2.75, 3.05) is 11.9 Å². The van der Waals surface area contributed by atoms with Crippen LogP contribution >= 0.6 is 0 Å². The van der Waals surface area contributed by atoms with Crippen LogP contribution in [0.1, 0.15) is 27.9 Å². The van der Waals surface area contributed by atoms with E-state index in [9.17, 15) is 9.90 Å². The summed E-state index contributed by atoms with van der Waals surface area (Å²) in [5.41, 5.74) is 4.06. The number of ketones is 1. The van der Waals surface area contributed by atoms with Crippen molar-refractivity contribution < 1.29 is 9.90 Å². The number of phenols is 1. The van der Waals surface area contributed by atoms with Gasteiger partial charge in [-0.2, -0.15) is 0 Å². The molecular formula is C17H17NO2. The number of benzene rings is 2. The van der Waals surface area contributed by atoms with Gasteiger partial charge in [0.05, 0.1) is 0 Å². The van der Waals surface area contributed by atoms with E-state index < -0.39 is 0 Å². The lowest BCUT2D eigenvalue weighted by Crippen LogP contribution is -2.13. The fourth-order valence-corrected chi connectivity index (χ4v) is 2.55. The summed E-state index contributed by atoms with van der Waals surface area (Å²) in [6.07, 6.45) is 2.51. The summed E-state index contributed by atoms with van der Waals surface area (Å²) in [5, 5.41) is 12.6. The van der Waals surface area contributed by atoms with Gasteiger partial charge in [0.1, 0.15) is 5.75 Å². The van der Waals surface area contributed by atoms with Crippen LogP contribution in [0.5, 0.6) is 5.75 Å². The molecule has 1 aliphatic heterocycles. The molecule has 0 atom stereocenters. The molecule has 0 radical (unpaired) electrons. The molecule has 2 aromatic rings. The van der Waals surface area contributed by atoms with E-state index in [-0.39, 0.29) is 11.5 Å². The zero-order chi connectivity index (χ0) is 13.9. The van der Waals surface area contributed by atoms with Gasteiger partial charge < -0.3 is 10.4 Å². The number of aromatic hydroxyl groups is 1. The molecule has 1 heterocycles. The Balaban J connectivity index is 1.78. The van der Waals surface area contributed by atoms with Crippen molar-refractivity contribution in [3.8, 4) is 5.75 Å². The SMILES string of the molecule is O=C(Cc1ccc(O)cc1)c1ccc2c(c1)CCCN2. The van der Waals surface area contributed by atoms with E-state index in [4.69, 9.17) is 0 Å². The predicted octanol–water partition coefficient (Wildman–Crippen LogP) is 3.18. The fourth-order valence-electron chi connectivity index (χ4n) is 2.55. The monoisotopic (exact) mass is 267 g/mol. The first-order chi connectivity index (χ1) is 9.72. The van der Waals surface area contributed by atoms with Crippen molar-refractivity contribution in [3.05, 3.63) is 59.2 Å². The van der Waals surface area contributed by atoms with Gasteiger partial charge in [-0.1, -0.05) is 12.1 Å². The number of Topliss-reactive ketones (excluding diaryl/α,β-unsaturated/α-hetero) is 1. The van der Waals surface area contributed by atoms with Crippen LogP contribution in [0.25, 0.3) is 0 Å². The van der Waals surface area contributed by atoms with Crippen LogP contribution in [-0.4, -0.2) is 17.4 Å². The Morgan fingerprint density at radius 3 is 2.75 bits per heavy atom. The second-order valence-electron chi connectivity index (χ2n) is 5.17. The third-order valence-corrected chi connectivity index (χ3v) is 3.67. The first-order valence-corrected chi connectivity index (χ1v) is 6.90. The third kappa shape index (κ3) is 2.67. The molecule has 0 spiro atoms. The van der Waals surface area contributed by atoms with Crippen molar-refractivity contribution in [2.45, 2.75) is 19.3 Å². The number of phenolic OH excluding ortho intramolecular Hbond substituents is 1. The molecule has 0 saturated heterocycles. The van der Waals surface area contributed by atoms with Crippen molar-refractivity contribution >= 4 is 11.5 Å². The van der Waals surface area contributed by atoms with E-state index >= 15 is 0 Å². The minimum atomic E-state index is 0.115. The van der Waals surface area contributed by atoms with Gasteiger partial charge in [0.15, 0.2) is 5.78 Å². The molecule has 0 saturated carbocycles. The number of hydrogen-bond acceptors (Lipinski definition) is 3. The van der Waals surface area contributed by atoms with Crippen LogP contribution in [0, 0.1) is 0 Å². The highest BCUT2D eigenvalue weighted by Gasteiger charge is 2.12. The average Bonchev–Trinajstić information content (AvgIpc) is 2.49. The minimum Gasteiger partial charge on any atom is -0.508 e. The van der Waals surface area contributed by atoms with E-state index in [2.05, 4.69) is 5.32 Å². The summed E-state index contributed by atoms with van der Waals surface area (Å²) in [6.45, 7) is 1.01. The van der Waals surface area contributed by atoms with Gasteiger partial charge in [-0.15, -0.1) is 0 Å². The average molecular weight is 267 g/mol. The quantitative estimate of drug-likeness (QED) is 0.840. The smallest absolute Gasteiger partial charge is 0.167 e. The lowest BCUT2D eigenvalue weighted by atomic mass is 9.97. The summed E-state index contributed by atoms with van der Waals surface area (Å²) in [5.74, 6) is 0.338. The van der Waals surface area contributed by atoms with Gasteiger partial charge in [0, 0.05) is 24.2 Å². The molecule has 2 N–H and O–H groups in total. The second-order valence-corrected chi connectivity index (χ2v) is 5.17. The number of nitrogens with one attached hydrogen (secondary N) is 1. The Hall–Kier alpha value is -2.29. The molecule has 3 heteroatoms. The molecule has 2 aromatic carbocycles. The van der Waals surface area contributed by atoms with Crippen LogP contribution in [0.3, 0.4) is 0 Å². The number of aryl methyl sites for hydroxylation is 1. The van der Waals surface area contributed by atoms with Crippen molar-refractivity contribution in [3.63, 3.8) is 0 Å². The van der Waals surface area contributed by atoms with Gasteiger partial charge in [-0.05, 0) is 54.3 Å². The van der Waals surface area contributed by atoms with Crippen molar-refractivity contribution in [1.82, 2.24) is 0 Å². The second kappa shape index (κ2) is 5.37. The maximum Gasteiger partial charge on any atom is 0.167 e. The number of hydrogen-bond donors (Lipinski definition) is 2. The summed E-state index contributed by atoms with van der Waals surface area (Å²) in [6, 6.07) is 12.7. The van der Waals surface area contributed by atoms with Gasteiger partial charge >= 0.3 is 0 Å². The van der Waals surface area contributed by atoms with E-state index in [0.717, 1.165) is 36.2 Å². The maximum atomic E-state index is 12.3. The molecule has 3 rings (SSSR count). The molecule has 0 fully saturated rings. The summed E-state index contributed by atoms with van der Waals surface area (Å²) in [7, 11) is 0. The molecule has 0 amide bonds. The Kier molecular flexibility index (Phi) is 3.42. The van der Waals surface area contributed by atoms with Crippen LogP contribution in [0.15, 0.2) is 42.5 Å². The van der Waals surface area contributed by atoms with Crippen molar-refractivity contribution in [1.29, 1.82) is 0 Å². The molecule has 0 aliphatic carbocycles. The minimum absolute atomic E-state index is 0.115. The Bertz CT molecular complexity index is 632. The van der Waals surface area contributed by atoms with Crippen LogP contribution in [-0.2, 0) is 12.8 Å². The lowest BCUT2D eigenvalue weighted by Gasteiger charge is -2.18. The van der Waals surface area contributed by atoms with Crippen LogP contribution < -0.4 is 5.32 Å². The number of carbonyl (C=O) groups is 1. The van der Waals surface area contributed by atoms with Gasteiger partial charge in [0.2, 0.25) is 0 Å². The molecule has 20 heavy (non-hydrogen) atoms. The molecule has 0 aromatic heterocycles. The Morgan fingerprint density at radius 1 is 1.15 bits per heavy atom. The van der Waals surface area contributed by atoms with Gasteiger partial charge in [-0.25, -0.2) is 0 Å². The number of anilines is 1. The zero-order valence-electron chi connectivity index (χ0n) is 11.2. The Morgan fingerprint density at radius 2 is 1.95 bits per heavy atom. The third-order valence-electron chi connectivity index (χ3n) is 3.67. The highest BCUT2D eigenvalue weighted by Crippen LogP contribution is 2.23. The van der Waals surface area contributed by atoms with E-state index in [1.807, 2.05) is 18.2 Å². The summed E-state index contributed by atoms with van der Waals surface area (Å²) in [4.78, 5) is 12.3. The van der Waals surface area contributed by atoms with Gasteiger partial charge in [0.25, 0.3) is 0 Å². The molecule has 0 unspecified atom stereocenters. The molecule has 1 aliphatic rings. The predicted molar refractivity (Wildman–Crippen MR) is 79.4 cm³/mol. The van der Waals surface area contributed by atoms with Crippen LogP contribution in [0.2, 0.25) is 0 Å². The molecular weight excluding hydrogens is 250 g/mol. The van der Waals surface area contributed by atoms with E-state index in [1.165, 1.54) is 5.56 Å². The zero-order valence-corrected chi connectivity index (χ0v) is 11.2. The van der Waals surface area contributed by atoms with E-state index in [1.54, 1.807) is 24.3 Å². The number of carbonyl (C=O) groups excluding carboxylic acids is 1. The standard InChI is InChI=1S/C17H17NO2/c19-15-6-3-12(4-7-15)10-17(20)14-5-8-16-13(11-14)2-1-9-18-16/h3-8,11,18-19H,1-2,9-10H2. The molecule has 102 valence electrons. The summed E-state index contributed by atoms with van der Waals surface area (Å²) >= 11 is 0. The molecule has 3 nitrogen and oxygen atoms in total.